The number of carboxylic acid groups (broad SMARTS) is 1. The minimum Gasteiger partial charge on any atom is -0.481 e. The topological polar surface area (TPSA) is 37.3 Å². The predicted octanol–water partition coefficient (Wildman–Crippen LogP) is 4.48. The van der Waals surface area contributed by atoms with Crippen molar-refractivity contribution in [3.63, 3.8) is 0 Å². The number of hydrogen-bond acceptors (Lipinski definition) is 1. The van der Waals surface area contributed by atoms with E-state index < -0.39 is 11.4 Å². The van der Waals surface area contributed by atoms with Crippen LogP contribution in [0.5, 0.6) is 0 Å². The zero-order valence-corrected chi connectivity index (χ0v) is 11.4. The molecule has 0 aliphatic carbocycles. The number of aliphatic carboxylic acids is 1. The molecule has 0 heterocycles. The first-order valence-electron chi connectivity index (χ1n) is 6.66. The van der Waals surface area contributed by atoms with E-state index in [1.54, 1.807) is 0 Å². The molecular weight excluding hydrogens is 200 g/mol. The van der Waals surface area contributed by atoms with Gasteiger partial charge in [0.15, 0.2) is 0 Å². The Morgan fingerprint density at radius 1 is 1.12 bits per heavy atom. The van der Waals surface area contributed by atoms with Crippen molar-refractivity contribution in [3.05, 3.63) is 0 Å². The third-order valence-electron chi connectivity index (χ3n) is 3.77. The maximum atomic E-state index is 11.0. The first-order chi connectivity index (χ1) is 7.42. The summed E-state index contributed by atoms with van der Waals surface area (Å²) >= 11 is 0. The van der Waals surface area contributed by atoms with Crippen LogP contribution < -0.4 is 0 Å². The monoisotopic (exact) mass is 228 g/mol. The van der Waals surface area contributed by atoms with Gasteiger partial charge in [-0.2, -0.15) is 0 Å². The van der Waals surface area contributed by atoms with E-state index in [4.69, 9.17) is 5.11 Å². The van der Waals surface area contributed by atoms with Crippen molar-refractivity contribution in [1.29, 1.82) is 0 Å². The zero-order valence-electron chi connectivity index (χ0n) is 11.4. The predicted molar refractivity (Wildman–Crippen MR) is 68.6 cm³/mol. The van der Waals surface area contributed by atoms with E-state index in [-0.39, 0.29) is 5.92 Å². The summed E-state index contributed by atoms with van der Waals surface area (Å²) in [7, 11) is 0. The molecule has 1 N–H and O–H groups in total. The van der Waals surface area contributed by atoms with E-state index in [9.17, 15) is 4.79 Å². The summed E-state index contributed by atoms with van der Waals surface area (Å²) in [6.07, 6.45) is 8.69. The van der Waals surface area contributed by atoms with Gasteiger partial charge >= 0.3 is 5.97 Å². The highest BCUT2D eigenvalue weighted by Crippen LogP contribution is 2.30. The van der Waals surface area contributed by atoms with Gasteiger partial charge in [0.25, 0.3) is 0 Å². The molecule has 2 heteroatoms. The normalized spacial score (nSPS) is 13.8. The van der Waals surface area contributed by atoms with Gasteiger partial charge in [-0.25, -0.2) is 0 Å². The molecular formula is C14H28O2. The molecule has 0 amide bonds. The highest BCUT2D eigenvalue weighted by Gasteiger charge is 2.32. The molecule has 0 spiro atoms. The van der Waals surface area contributed by atoms with Crippen LogP contribution in [-0.2, 0) is 4.79 Å². The van der Waals surface area contributed by atoms with Crippen LogP contribution in [0.2, 0.25) is 0 Å². The molecule has 0 saturated heterocycles. The van der Waals surface area contributed by atoms with Crippen molar-refractivity contribution in [1.82, 2.24) is 0 Å². The van der Waals surface area contributed by atoms with Gasteiger partial charge in [-0.1, -0.05) is 52.4 Å². The van der Waals surface area contributed by atoms with Crippen LogP contribution >= 0.6 is 0 Å². The van der Waals surface area contributed by atoms with Gasteiger partial charge in [-0.3, -0.25) is 4.79 Å². The smallest absolute Gasteiger partial charge is 0.309 e. The summed E-state index contributed by atoms with van der Waals surface area (Å²) in [6, 6.07) is 0. The third-order valence-corrected chi connectivity index (χ3v) is 3.77. The lowest BCUT2D eigenvalue weighted by atomic mass is 9.77. The number of carboxylic acids is 1. The molecule has 0 radical (unpaired) electrons. The summed E-state index contributed by atoms with van der Waals surface area (Å²) in [4.78, 5) is 11.0. The number of carbonyl (C=O) groups is 1. The Kier molecular flexibility index (Phi) is 7.44. The Morgan fingerprint density at radius 3 is 2.12 bits per heavy atom. The fraction of sp³-hybridized carbons (Fsp3) is 0.929. The second-order valence-electron chi connectivity index (χ2n) is 5.48. The minimum atomic E-state index is -0.675. The molecule has 0 saturated carbocycles. The second-order valence-corrected chi connectivity index (χ2v) is 5.48. The maximum Gasteiger partial charge on any atom is 0.309 e. The molecule has 1 unspecified atom stereocenters. The Morgan fingerprint density at radius 2 is 1.62 bits per heavy atom. The van der Waals surface area contributed by atoms with Crippen LogP contribution in [0, 0.1) is 11.3 Å². The Bertz CT molecular complexity index is 197. The molecule has 0 aliphatic rings. The van der Waals surface area contributed by atoms with Gasteiger partial charge in [-0.15, -0.1) is 0 Å². The molecule has 2 nitrogen and oxygen atoms in total. The highest BCUT2D eigenvalue weighted by molar-refractivity contribution is 5.73. The average molecular weight is 228 g/mol. The van der Waals surface area contributed by atoms with Gasteiger partial charge < -0.3 is 5.11 Å². The van der Waals surface area contributed by atoms with Crippen LogP contribution in [0.25, 0.3) is 0 Å². The zero-order chi connectivity index (χ0) is 12.6. The molecule has 0 aromatic heterocycles. The minimum absolute atomic E-state index is 0.260. The van der Waals surface area contributed by atoms with Gasteiger partial charge in [0.05, 0.1) is 5.41 Å². The molecule has 96 valence electrons. The molecule has 16 heavy (non-hydrogen) atoms. The molecule has 0 aromatic carbocycles. The van der Waals surface area contributed by atoms with E-state index in [0.29, 0.717) is 0 Å². The summed E-state index contributed by atoms with van der Waals surface area (Å²) in [5.74, 6) is -0.415. The fourth-order valence-electron chi connectivity index (χ4n) is 1.80. The first-order valence-corrected chi connectivity index (χ1v) is 6.66. The van der Waals surface area contributed by atoms with E-state index in [0.717, 1.165) is 6.42 Å². The lowest BCUT2D eigenvalue weighted by Crippen LogP contribution is -2.31. The van der Waals surface area contributed by atoms with Crippen molar-refractivity contribution in [2.24, 2.45) is 11.3 Å². The van der Waals surface area contributed by atoms with Crippen molar-refractivity contribution in [2.45, 2.75) is 72.6 Å². The molecule has 1 atom stereocenters. The van der Waals surface area contributed by atoms with Crippen LogP contribution in [0.1, 0.15) is 72.6 Å². The number of rotatable bonds is 9. The average Bonchev–Trinajstić information content (AvgIpc) is 2.22. The molecule has 0 bridgehead atoms. The molecule has 0 aromatic rings. The van der Waals surface area contributed by atoms with Gasteiger partial charge in [-0.05, 0) is 26.2 Å². The fourth-order valence-corrected chi connectivity index (χ4v) is 1.80. The van der Waals surface area contributed by atoms with Crippen LogP contribution in [0.15, 0.2) is 0 Å². The Hall–Kier alpha value is -0.530. The lowest BCUT2D eigenvalue weighted by molar-refractivity contribution is -0.149. The van der Waals surface area contributed by atoms with Gasteiger partial charge in [0.1, 0.15) is 0 Å². The standard InChI is InChI=1S/C14H28O2/c1-5-6-7-8-9-10-11-12(2)14(3,4)13(15)16/h12H,5-11H2,1-4H3,(H,15,16). The molecule has 0 aliphatic heterocycles. The Labute approximate surface area is 100 Å². The third kappa shape index (κ3) is 5.53. The summed E-state index contributed by atoms with van der Waals surface area (Å²) < 4.78 is 0. The van der Waals surface area contributed by atoms with E-state index in [2.05, 4.69) is 13.8 Å². The van der Waals surface area contributed by atoms with Crippen LogP contribution in [-0.4, -0.2) is 11.1 Å². The largest absolute Gasteiger partial charge is 0.481 e. The van der Waals surface area contributed by atoms with E-state index in [1.165, 1.54) is 38.5 Å². The molecule has 0 fully saturated rings. The van der Waals surface area contributed by atoms with Crippen molar-refractivity contribution in [3.8, 4) is 0 Å². The number of unbranched alkanes of at least 4 members (excludes halogenated alkanes) is 5. The summed E-state index contributed by atoms with van der Waals surface area (Å²) in [5.41, 5.74) is -0.580. The number of hydrogen-bond donors (Lipinski definition) is 1. The van der Waals surface area contributed by atoms with Gasteiger partial charge in [0, 0.05) is 0 Å². The van der Waals surface area contributed by atoms with E-state index >= 15 is 0 Å². The first kappa shape index (κ1) is 15.5. The molecule has 0 rings (SSSR count). The van der Waals surface area contributed by atoms with Crippen molar-refractivity contribution < 1.29 is 9.90 Å². The second kappa shape index (κ2) is 7.70. The summed E-state index contributed by atoms with van der Waals surface area (Å²) in [5, 5.41) is 9.08. The van der Waals surface area contributed by atoms with Crippen LogP contribution in [0.3, 0.4) is 0 Å². The quantitative estimate of drug-likeness (QED) is 0.591. The highest BCUT2D eigenvalue weighted by atomic mass is 16.4. The SMILES string of the molecule is CCCCCCCCC(C)C(C)(C)C(=O)O. The van der Waals surface area contributed by atoms with Crippen LogP contribution in [0.4, 0.5) is 0 Å². The Balaban J connectivity index is 3.65. The van der Waals surface area contributed by atoms with Crippen molar-refractivity contribution >= 4 is 5.97 Å². The van der Waals surface area contributed by atoms with Crippen molar-refractivity contribution in [2.75, 3.05) is 0 Å². The summed E-state index contributed by atoms with van der Waals surface area (Å²) in [6.45, 7) is 7.94. The van der Waals surface area contributed by atoms with E-state index in [1.807, 2.05) is 13.8 Å². The maximum absolute atomic E-state index is 11.0. The lowest BCUT2D eigenvalue weighted by Gasteiger charge is -2.27. The van der Waals surface area contributed by atoms with Gasteiger partial charge in [0.2, 0.25) is 0 Å².